The van der Waals surface area contributed by atoms with E-state index < -0.39 is 17.6 Å². The van der Waals surface area contributed by atoms with E-state index >= 15 is 0 Å². The molecular formula is C25H44N4O7SSi2. The molecule has 2 rings (SSSR count). The molecule has 0 aliphatic heterocycles. The fraction of sp³-hybridized carbons (Fsp3) is 0.640. The maximum Gasteiger partial charge on any atom is 0.500 e. The monoisotopic (exact) mass is 600 g/mol. The van der Waals surface area contributed by atoms with Crippen LogP contribution in [0, 0.1) is 0 Å². The zero-order valence-electron chi connectivity index (χ0n) is 24.1. The Morgan fingerprint density at radius 3 is 2.05 bits per heavy atom. The van der Waals surface area contributed by atoms with Gasteiger partial charge >= 0.3 is 23.6 Å². The Morgan fingerprint density at radius 1 is 0.897 bits per heavy atom. The summed E-state index contributed by atoms with van der Waals surface area (Å²) in [5, 5.41) is 8.04. The summed E-state index contributed by atoms with van der Waals surface area (Å²) >= 11 is 1.49. The number of amides is 1. The minimum absolute atomic E-state index is 0.318. The molecule has 0 unspecified atom stereocenters. The van der Waals surface area contributed by atoms with Crippen LogP contribution in [0.2, 0.25) is 12.1 Å². The van der Waals surface area contributed by atoms with Crippen LogP contribution in [-0.2, 0) is 33.0 Å². The maximum atomic E-state index is 13.2. The van der Waals surface area contributed by atoms with Crippen LogP contribution in [0.1, 0.15) is 45.0 Å². The molecule has 39 heavy (non-hydrogen) atoms. The summed E-state index contributed by atoms with van der Waals surface area (Å²) in [7, 11) is -0.561. The third-order valence-corrected chi connectivity index (χ3v) is 12.8. The number of hydrogen-bond donors (Lipinski definition) is 1. The van der Waals surface area contributed by atoms with Crippen molar-refractivity contribution < 1.29 is 31.4 Å². The summed E-state index contributed by atoms with van der Waals surface area (Å²) in [4.78, 5) is 17.8. The number of rotatable bonds is 20. The number of thioether (sulfide) groups is 1. The van der Waals surface area contributed by atoms with Gasteiger partial charge in [0.2, 0.25) is 5.16 Å². The average molecular weight is 601 g/mol. The maximum absolute atomic E-state index is 13.2. The molecule has 0 bridgehead atoms. The van der Waals surface area contributed by atoms with Crippen molar-refractivity contribution in [3.63, 3.8) is 0 Å². The van der Waals surface area contributed by atoms with Gasteiger partial charge in [-0.25, -0.2) is 9.78 Å². The van der Waals surface area contributed by atoms with Gasteiger partial charge in [0.25, 0.3) is 0 Å². The molecule has 1 heterocycles. The highest BCUT2D eigenvalue weighted by molar-refractivity contribution is 7.99. The van der Waals surface area contributed by atoms with Crippen molar-refractivity contribution in [2.45, 2.75) is 57.3 Å². The normalized spacial score (nSPS) is 12.2. The Morgan fingerprint density at radius 2 is 1.49 bits per heavy atom. The molecule has 1 N–H and O–H groups in total. The Balaban J connectivity index is 2.04. The van der Waals surface area contributed by atoms with Crippen LogP contribution in [-0.4, -0.2) is 91.9 Å². The fourth-order valence-electron chi connectivity index (χ4n) is 4.02. The van der Waals surface area contributed by atoms with Gasteiger partial charge < -0.3 is 31.9 Å². The summed E-state index contributed by atoms with van der Waals surface area (Å²) in [6, 6.07) is 10.9. The number of nitrogens with zero attached hydrogens (tertiary/aromatic N) is 3. The molecule has 220 valence electrons. The minimum atomic E-state index is -2.76. The first-order chi connectivity index (χ1) is 18.9. The quantitative estimate of drug-likeness (QED) is 0.135. The minimum Gasteiger partial charge on any atom is -0.377 e. The molecule has 0 aliphatic carbocycles. The van der Waals surface area contributed by atoms with Gasteiger partial charge in [-0.15, -0.1) is 5.10 Å². The first kappa shape index (κ1) is 33.6. The van der Waals surface area contributed by atoms with Crippen LogP contribution >= 0.6 is 11.8 Å². The van der Waals surface area contributed by atoms with E-state index in [1.807, 2.05) is 51.1 Å². The highest BCUT2D eigenvalue weighted by Crippen LogP contribution is 2.22. The summed E-state index contributed by atoms with van der Waals surface area (Å²) < 4.78 is 35.6. The Labute approximate surface area is 239 Å². The van der Waals surface area contributed by atoms with Gasteiger partial charge in [0.15, 0.2) is 0 Å². The number of benzene rings is 1. The lowest BCUT2D eigenvalue weighted by molar-refractivity contribution is 0.0708. The average Bonchev–Trinajstić information content (AvgIpc) is 3.35. The van der Waals surface area contributed by atoms with Gasteiger partial charge in [-0.05, 0) is 39.2 Å². The van der Waals surface area contributed by atoms with E-state index in [1.165, 1.54) is 16.4 Å². The summed E-state index contributed by atoms with van der Waals surface area (Å²) in [6.45, 7) is 7.79. The molecule has 0 radical (unpaired) electrons. The molecule has 11 nitrogen and oxygen atoms in total. The molecule has 2 aromatic rings. The number of carbonyl (C=O) groups is 1. The zero-order chi connectivity index (χ0) is 28.6. The zero-order valence-corrected chi connectivity index (χ0v) is 26.9. The van der Waals surface area contributed by atoms with Crippen molar-refractivity contribution in [1.29, 1.82) is 0 Å². The van der Waals surface area contributed by atoms with Crippen molar-refractivity contribution in [3.05, 3.63) is 41.7 Å². The van der Waals surface area contributed by atoms with Crippen LogP contribution in [0.25, 0.3) is 0 Å². The second kappa shape index (κ2) is 17.9. The van der Waals surface area contributed by atoms with E-state index in [2.05, 4.69) is 15.4 Å². The Kier molecular flexibility index (Phi) is 15.4. The predicted octanol–water partition coefficient (Wildman–Crippen LogP) is 4.23. The topological polar surface area (TPSA) is 115 Å². The van der Waals surface area contributed by atoms with Gasteiger partial charge in [-0.1, -0.05) is 42.1 Å². The highest BCUT2D eigenvalue weighted by Gasteiger charge is 2.39. The van der Waals surface area contributed by atoms with Gasteiger partial charge in [0.1, 0.15) is 5.82 Å². The lowest BCUT2D eigenvalue weighted by atomic mass is 10.1. The predicted molar refractivity (Wildman–Crippen MR) is 155 cm³/mol. The van der Waals surface area contributed by atoms with E-state index in [0.29, 0.717) is 62.3 Å². The molecule has 0 saturated carbocycles. The molecule has 0 aliphatic rings. The molecular weight excluding hydrogens is 557 g/mol. The van der Waals surface area contributed by atoms with Crippen molar-refractivity contribution in [3.8, 4) is 0 Å². The molecule has 0 atom stereocenters. The van der Waals surface area contributed by atoms with Gasteiger partial charge in [-0.2, -0.15) is 4.68 Å². The van der Waals surface area contributed by atoms with E-state index in [0.717, 1.165) is 17.7 Å². The molecule has 1 aromatic carbocycles. The van der Waals surface area contributed by atoms with Crippen LogP contribution in [0.4, 0.5) is 4.79 Å². The number of hydrogen-bond acceptors (Lipinski definition) is 10. The third kappa shape index (κ3) is 10.7. The van der Waals surface area contributed by atoms with Crippen LogP contribution in [0.3, 0.4) is 0 Å². The second-order valence-electron chi connectivity index (χ2n) is 8.45. The third-order valence-electron chi connectivity index (χ3n) is 5.87. The fourth-order valence-corrected chi connectivity index (χ4v) is 9.40. The van der Waals surface area contributed by atoms with Gasteiger partial charge in [-0.3, -0.25) is 0 Å². The second-order valence-corrected chi connectivity index (χ2v) is 15.3. The molecule has 0 fully saturated rings. The molecule has 1 aromatic heterocycles. The summed E-state index contributed by atoms with van der Waals surface area (Å²) in [5.41, 5.74) is 1.05. The van der Waals surface area contributed by atoms with Crippen molar-refractivity contribution in [1.82, 2.24) is 20.1 Å². The number of carbonyl (C=O) groups excluding carboxylic acids is 1. The number of nitrogens with one attached hydrogen (secondary N) is 1. The van der Waals surface area contributed by atoms with Crippen LogP contribution in [0.15, 0.2) is 35.5 Å². The van der Waals surface area contributed by atoms with Crippen molar-refractivity contribution >= 4 is 35.4 Å². The Hall–Kier alpha value is -1.63. The van der Waals surface area contributed by atoms with Gasteiger partial charge in [0, 0.05) is 72.0 Å². The highest BCUT2D eigenvalue weighted by atomic mass is 32.2. The van der Waals surface area contributed by atoms with Crippen LogP contribution in [0.5, 0.6) is 0 Å². The van der Waals surface area contributed by atoms with E-state index in [-0.39, 0.29) is 6.03 Å². The standard InChI is InChI=1S/C25H44N4O7SSi2/c1-7-34-39(35-8-2,36-9-3)19-13-17-26-25(30)29-23(21-22-15-11-10-12-16-22)27-24(28-29)37-18-14-20-38(31-4,32-5)33-6/h10-12,15-16H,7-9,13-14,17-21H2,1-6H3,(H,26,30). The van der Waals surface area contributed by atoms with Crippen molar-refractivity contribution in [2.24, 2.45) is 0 Å². The SMILES string of the molecule is CCO[Si](CCCNC(=O)n1nc(SCCC[Si](OC)(OC)OC)nc1Cc1ccccc1)(OCC)OCC. The largest absolute Gasteiger partial charge is 0.500 e. The first-order valence-corrected chi connectivity index (χ1v) is 18.2. The molecule has 14 heteroatoms. The van der Waals surface area contributed by atoms with Crippen LogP contribution < -0.4 is 5.32 Å². The Bertz CT molecular complexity index is 942. The van der Waals surface area contributed by atoms with Crippen molar-refractivity contribution in [2.75, 3.05) is 53.4 Å². The first-order valence-electron chi connectivity index (χ1n) is 13.4. The lowest BCUT2D eigenvalue weighted by Gasteiger charge is -2.28. The summed E-state index contributed by atoms with van der Waals surface area (Å²) in [6.07, 6.45) is 1.95. The smallest absolute Gasteiger partial charge is 0.377 e. The van der Waals surface area contributed by atoms with Gasteiger partial charge in [0.05, 0.1) is 0 Å². The summed E-state index contributed by atoms with van der Waals surface area (Å²) in [5.74, 6) is 1.32. The lowest BCUT2D eigenvalue weighted by Crippen LogP contribution is -2.46. The molecule has 0 saturated heterocycles. The molecule has 0 spiro atoms. The van der Waals surface area contributed by atoms with E-state index in [1.54, 1.807) is 21.3 Å². The molecule has 1 amide bonds. The van der Waals surface area contributed by atoms with E-state index in [4.69, 9.17) is 26.6 Å². The van der Waals surface area contributed by atoms with E-state index in [9.17, 15) is 4.79 Å². The number of aromatic nitrogens is 3.